The van der Waals surface area contributed by atoms with Gasteiger partial charge in [0.1, 0.15) is 5.82 Å². The lowest BCUT2D eigenvalue weighted by Gasteiger charge is -2.09. The minimum absolute atomic E-state index is 0.522. The van der Waals surface area contributed by atoms with Gasteiger partial charge in [-0.25, -0.2) is 4.98 Å². The van der Waals surface area contributed by atoms with E-state index < -0.39 is 0 Å². The highest BCUT2D eigenvalue weighted by Crippen LogP contribution is 2.32. The summed E-state index contributed by atoms with van der Waals surface area (Å²) in [5.41, 5.74) is 2.90. The molecule has 2 nitrogen and oxygen atoms in total. The van der Waals surface area contributed by atoms with Crippen molar-refractivity contribution >= 4 is 29.0 Å². The maximum atomic E-state index is 6.17. The predicted molar refractivity (Wildman–Crippen MR) is 74.0 cm³/mol. The van der Waals surface area contributed by atoms with Crippen molar-refractivity contribution in [3.63, 3.8) is 0 Å². The van der Waals surface area contributed by atoms with E-state index in [-0.39, 0.29) is 0 Å². The first-order valence-corrected chi connectivity index (χ1v) is 5.98. The summed E-state index contributed by atoms with van der Waals surface area (Å²) in [5, 5.41) is 4.02. The molecule has 4 heteroatoms. The van der Waals surface area contributed by atoms with Crippen LogP contribution in [0.5, 0.6) is 0 Å². The number of aromatic nitrogens is 1. The van der Waals surface area contributed by atoms with Gasteiger partial charge in [-0.3, -0.25) is 0 Å². The van der Waals surface area contributed by atoms with Crippen LogP contribution in [0.4, 0.5) is 5.82 Å². The fourth-order valence-corrected chi connectivity index (χ4v) is 2.20. The van der Waals surface area contributed by atoms with Gasteiger partial charge in [0.25, 0.3) is 0 Å². The number of anilines is 1. The summed E-state index contributed by atoms with van der Waals surface area (Å²) in [7, 11) is 1.78. The van der Waals surface area contributed by atoms with Crippen LogP contribution < -0.4 is 5.32 Å². The second kappa shape index (κ2) is 4.94. The third-order valence-corrected chi connectivity index (χ3v) is 3.03. The first kappa shape index (κ1) is 12.2. The van der Waals surface area contributed by atoms with Crippen LogP contribution in [-0.4, -0.2) is 12.0 Å². The molecular formula is C13H12Cl2N2. The molecule has 0 aliphatic carbocycles. The Bertz CT molecular complexity index is 553. The van der Waals surface area contributed by atoms with Gasteiger partial charge in [-0.15, -0.1) is 0 Å². The van der Waals surface area contributed by atoms with Crippen molar-refractivity contribution in [1.82, 2.24) is 4.98 Å². The summed E-state index contributed by atoms with van der Waals surface area (Å²) < 4.78 is 0. The highest BCUT2D eigenvalue weighted by Gasteiger charge is 2.10. The molecule has 0 aliphatic heterocycles. The number of benzene rings is 1. The average molecular weight is 267 g/mol. The van der Waals surface area contributed by atoms with Gasteiger partial charge in [0.05, 0.1) is 15.7 Å². The number of rotatable bonds is 2. The van der Waals surface area contributed by atoms with Gasteiger partial charge in [-0.05, 0) is 19.1 Å². The van der Waals surface area contributed by atoms with Gasteiger partial charge in [0.2, 0.25) is 0 Å². The zero-order chi connectivity index (χ0) is 12.4. The van der Waals surface area contributed by atoms with Crippen LogP contribution in [0.25, 0.3) is 11.3 Å². The fraction of sp³-hybridized carbons (Fsp3) is 0.154. The molecular weight excluding hydrogens is 255 g/mol. The first-order valence-electron chi connectivity index (χ1n) is 5.22. The quantitative estimate of drug-likeness (QED) is 0.871. The Morgan fingerprint density at radius 1 is 1.12 bits per heavy atom. The van der Waals surface area contributed by atoms with Crippen LogP contribution in [0.15, 0.2) is 30.3 Å². The number of hydrogen-bond donors (Lipinski definition) is 1. The lowest BCUT2D eigenvalue weighted by atomic mass is 10.1. The first-order chi connectivity index (χ1) is 8.11. The standard InChI is InChI=1S/C13H12Cl2N2/c1-8-4-3-5-9(6-8)12-10(14)7-11(15)13(16-2)17-12/h3-7H,1-2H3,(H,16,17). The molecule has 0 saturated carbocycles. The molecule has 2 aromatic rings. The molecule has 0 unspecified atom stereocenters. The molecule has 0 bridgehead atoms. The summed E-state index contributed by atoms with van der Waals surface area (Å²) in [4.78, 5) is 4.43. The number of aryl methyl sites for hydroxylation is 1. The number of halogens is 2. The second-order valence-electron chi connectivity index (χ2n) is 3.77. The summed E-state index contributed by atoms with van der Waals surface area (Å²) in [5.74, 6) is 0.632. The van der Waals surface area contributed by atoms with E-state index >= 15 is 0 Å². The minimum Gasteiger partial charge on any atom is -0.372 e. The Morgan fingerprint density at radius 2 is 1.88 bits per heavy atom. The van der Waals surface area contributed by atoms with E-state index in [1.54, 1.807) is 13.1 Å². The van der Waals surface area contributed by atoms with Crippen molar-refractivity contribution in [1.29, 1.82) is 0 Å². The SMILES string of the molecule is CNc1nc(-c2cccc(C)c2)c(Cl)cc1Cl. The molecule has 0 aliphatic rings. The smallest absolute Gasteiger partial charge is 0.145 e. The van der Waals surface area contributed by atoms with Crippen LogP contribution >= 0.6 is 23.2 Å². The molecule has 2 rings (SSSR count). The Labute approximate surface area is 111 Å². The molecule has 0 radical (unpaired) electrons. The van der Waals surface area contributed by atoms with E-state index in [0.717, 1.165) is 11.3 Å². The van der Waals surface area contributed by atoms with E-state index in [2.05, 4.69) is 10.3 Å². The highest BCUT2D eigenvalue weighted by molar-refractivity contribution is 6.37. The largest absolute Gasteiger partial charge is 0.372 e. The number of nitrogens with zero attached hydrogens (tertiary/aromatic N) is 1. The summed E-state index contributed by atoms with van der Waals surface area (Å²) in [6.45, 7) is 2.03. The molecule has 1 N–H and O–H groups in total. The van der Waals surface area contributed by atoms with Crippen LogP contribution in [0, 0.1) is 6.92 Å². The van der Waals surface area contributed by atoms with Crippen LogP contribution in [0.1, 0.15) is 5.56 Å². The van der Waals surface area contributed by atoms with Crippen molar-refractivity contribution in [3.05, 3.63) is 45.9 Å². The molecule has 17 heavy (non-hydrogen) atoms. The van der Waals surface area contributed by atoms with Gasteiger partial charge in [0.15, 0.2) is 0 Å². The molecule has 1 aromatic carbocycles. The summed E-state index contributed by atoms with van der Waals surface area (Å²) in [6.07, 6.45) is 0. The Balaban J connectivity index is 2.59. The van der Waals surface area contributed by atoms with Gasteiger partial charge in [-0.2, -0.15) is 0 Å². The molecule has 88 valence electrons. The van der Waals surface area contributed by atoms with Crippen molar-refractivity contribution in [2.24, 2.45) is 0 Å². The van der Waals surface area contributed by atoms with Crippen LogP contribution in [0.2, 0.25) is 10.0 Å². The van der Waals surface area contributed by atoms with Crippen molar-refractivity contribution < 1.29 is 0 Å². The topological polar surface area (TPSA) is 24.9 Å². The molecule has 0 saturated heterocycles. The van der Waals surface area contributed by atoms with E-state index in [4.69, 9.17) is 23.2 Å². The minimum atomic E-state index is 0.522. The van der Waals surface area contributed by atoms with Gasteiger partial charge in [0, 0.05) is 12.6 Å². The molecule has 1 heterocycles. The van der Waals surface area contributed by atoms with Gasteiger partial charge >= 0.3 is 0 Å². The lowest BCUT2D eigenvalue weighted by molar-refractivity contribution is 1.28. The number of hydrogen-bond acceptors (Lipinski definition) is 2. The van der Waals surface area contributed by atoms with Crippen molar-refractivity contribution in [3.8, 4) is 11.3 Å². The number of pyridine rings is 1. The lowest BCUT2D eigenvalue weighted by Crippen LogP contribution is -1.96. The van der Waals surface area contributed by atoms with Crippen molar-refractivity contribution in [2.75, 3.05) is 12.4 Å². The molecule has 1 aromatic heterocycles. The van der Waals surface area contributed by atoms with Crippen LogP contribution in [-0.2, 0) is 0 Å². The Hall–Kier alpha value is -1.25. The zero-order valence-electron chi connectivity index (χ0n) is 9.59. The molecule has 0 fully saturated rings. The van der Waals surface area contributed by atoms with Gasteiger partial charge in [-0.1, -0.05) is 47.0 Å². The number of nitrogens with one attached hydrogen (secondary N) is 1. The monoisotopic (exact) mass is 266 g/mol. The summed E-state index contributed by atoms with van der Waals surface area (Å²) in [6, 6.07) is 9.75. The maximum Gasteiger partial charge on any atom is 0.145 e. The Morgan fingerprint density at radius 3 is 2.53 bits per heavy atom. The fourth-order valence-electron chi connectivity index (χ4n) is 1.64. The van der Waals surface area contributed by atoms with E-state index in [1.165, 1.54) is 5.56 Å². The van der Waals surface area contributed by atoms with E-state index in [0.29, 0.717) is 15.9 Å². The van der Waals surface area contributed by atoms with Crippen molar-refractivity contribution in [2.45, 2.75) is 6.92 Å². The second-order valence-corrected chi connectivity index (χ2v) is 4.58. The average Bonchev–Trinajstić information content (AvgIpc) is 2.29. The third-order valence-electron chi connectivity index (χ3n) is 2.46. The zero-order valence-corrected chi connectivity index (χ0v) is 11.1. The normalized spacial score (nSPS) is 10.4. The predicted octanol–water partition coefficient (Wildman–Crippen LogP) is 4.41. The van der Waals surface area contributed by atoms with E-state index in [1.807, 2.05) is 31.2 Å². The van der Waals surface area contributed by atoms with Crippen LogP contribution in [0.3, 0.4) is 0 Å². The summed E-state index contributed by atoms with van der Waals surface area (Å²) >= 11 is 12.2. The van der Waals surface area contributed by atoms with Gasteiger partial charge < -0.3 is 5.32 Å². The molecule has 0 amide bonds. The maximum absolute atomic E-state index is 6.17. The third kappa shape index (κ3) is 2.54. The van der Waals surface area contributed by atoms with E-state index in [9.17, 15) is 0 Å². The highest BCUT2D eigenvalue weighted by atomic mass is 35.5. The molecule has 0 spiro atoms. The Kier molecular flexibility index (Phi) is 3.55. The molecule has 0 atom stereocenters.